The van der Waals surface area contributed by atoms with E-state index in [-0.39, 0.29) is 5.56 Å². The molecule has 0 unspecified atom stereocenters. The van der Waals surface area contributed by atoms with Crippen LogP contribution < -0.4 is 10.5 Å². The highest BCUT2D eigenvalue weighted by atomic mass is 35.5. The van der Waals surface area contributed by atoms with Crippen LogP contribution in [0.3, 0.4) is 0 Å². The molecule has 6 nitrogen and oxygen atoms in total. The number of carbonyl (C=O) groups is 1. The lowest BCUT2D eigenvalue weighted by atomic mass is 10.1. The monoisotopic (exact) mass is 523 g/mol. The number of anilines is 1. The van der Waals surface area contributed by atoms with Gasteiger partial charge in [0.05, 0.1) is 23.4 Å². The van der Waals surface area contributed by atoms with Gasteiger partial charge in [-0.3, -0.25) is 0 Å². The zero-order valence-corrected chi connectivity index (χ0v) is 21.6. The number of halogens is 2. The van der Waals surface area contributed by atoms with E-state index in [1.165, 1.54) is 12.7 Å². The van der Waals surface area contributed by atoms with E-state index >= 15 is 0 Å². The molecule has 0 amide bonds. The predicted octanol–water partition coefficient (Wildman–Crippen LogP) is 7.21. The van der Waals surface area contributed by atoms with Crippen molar-refractivity contribution in [1.29, 1.82) is 0 Å². The molecule has 0 saturated carbocycles. The third-order valence-electron chi connectivity index (χ3n) is 5.86. The molecule has 0 spiro atoms. The third-order valence-corrected chi connectivity index (χ3v) is 6.41. The van der Waals surface area contributed by atoms with Gasteiger partial charge in [-0.15, -0.1) is 0 Å². The average Bonchev–Trinajstić information content (AvgIpc) is 3.28. The first-order chi connectivity index (χ1) is 17.4. The summed E-state index contributed by atoms with van der Waals surface area (Å²) >= 11 is 12.4. The zero-order chi connectivity index (χ0) is 25.7. The number of carbonyl (C=O) groups excluding carboxylic acids is 1. The molecular formula is C28H27Cl2N3O3. The van der Waals surface area contributed by atoms with Gasteiger partial charge in [0, 0.05) is 35.4 Å². The van der Waals surface area contributed by atoms with Crippen molar-refractivity contribution in [2.24, 2.45) is 0 Å². The van der Waals surface area contributed by atoms with Crippen LogP contribution in [0, 0.1) is 0 Å². The molecule has 2 N–H and O–H groups in total. The number of nitrogen functional groups attached to an aromatic ring is 1. The molecule has 0 atom stereocenters. The lowest BCUT2D eigenvalue weighted by Crippen LogP contribution is -2.05. The van der Waals surface area contributed by atoms with E-state index in [2.05, 4.69) is 11.5 Å². The summed E-state index contributed by atoms with van der Waals surface area (Å²) in [7, 11) is 1.32. The van der Waals surface area contributed by atoms with Crippen LogP contribution in [0.4, 0.5) is 5.69 Å². The van der Waals surface area contributed by atoms with Gasteiger partial charge in [0.1, 0.15) is 17.3 Å². The standard InChI is InChI=1S/C28H27Cl2N3O3/c1-3-33-17-26(22-13-9-19(29)15-24(22)30)32-27(33)6-4-5-18-7-10-20(11-8-18)36-21-12-14-25(31)23(16-21)28(34)35-2/h7-17H,3-6,31H2,1-2H3. The van der Waals surface area contributed by atoms with Crippen LogP contribution in [0.5, 0.6) is 11.5 Å². The number of ether oxygens (including phenoxy) is 2. The van der Waals surface area contributed by atoms with Crippen LogP contribution in [0.2, 0.25) is 10.0 Å². The summed E-state index contributed by atoms with van der Waals surface area (Å²) in [5.74, 6) is 1.72. The number of nitrogens with two attached hydrogens (primary N) is 1. The molecule has 8 heteroatoms. The second-order valence-corrected chi connectivity index (χ2v) is 9.14. The maximum absolute atomic E-state index is 11.9. The smallest absolute Gasteiger partial charge is 0.340 e. The van der Waals surface area contributed by atoms with Crippen molar-refractivity contribution in [2.75, 3.05) is 12.8 Å². The first kappa shape index (κ1) is 25.6. The minimum Gasteiger partial charge on any atom is -0.465 e. The lowest BCUT2D eigenvalue weighted by molar-refractivity contribution is 0.0601. The van der Waals surface area contributed by atoms with Crippen LogP contribution in [-0.2, 0) is 24.1 Å². The number of hydrogen-bond acceptors (Lipinski definition) is 5. The Bertz CT molecular complexity index is 1370. The number of benzene rings is 3. The Balaban J connectivity index is 1.37. The molecule has 0 saturated heterocycles. The topological polar surface area (TPSA) is 79.4 Å². The molecule has 4 aromatic rings. The molecule has 0 aliphatic carbocycles. The fraction of sp³-hybridized carbons (Fsp3) is 0.214. The van der Waals surface area contributed by atoms with Crippen LogP contribution in [0.25, 0.3) is 11.3 Å². The fourth-order valence-corrected chi connectivity index (χ4v) is 4.46. The highest BCUT2D eigenvalue weighted by Gasteiger charge is 2.13. The second-order valence-electron chi connectivity index (χ2n) is 8.29. The van der Waals surface area contributed by atoms with Gasteiger partial charge in [-0.1, -0.05) is 35.3 Å². The van der Waals surface area contributed by atoms with Crippen LogP contribution in [0.15, 0.2) is 66.9 Å². The summed E-state index contributed by atoms with van der Waals surface area (Å²) in [6.45, 7) is 2.94. The van der Waals surface area contributed by atoms with E-state index in [0.717, 1.165) is 42.9 Å². The third kappa shape index (κ3) is 6.01. The van der Waals surface area contributed by atoms with Crippen LogP contribution >= 0.6 is 23.2 Å². The summed E-state index contributed by atoms with van der Waals surface area (Å²) in [5, 5.41) is 1.20. The molecule has 0 bridgehead atoms. The number of methoxy groups -OCH3 is 1. The number of rotatable bonds is 9. The van der Waals surface area contributed by atoms with Gasteiger partial charge in [-0.25, -0.2) is 9.78 Å². The number of imidazole rings is 1. The van der Waals surface area contributed by atoms with Crippen molar-refractivity contribution in [3.05, 3.63) is 93.9 Å². The SMILES string of the molecule is CCn1cc(-c2ccc(Cl)cc2Cl)nc1CCCc1ccc(Oc2ccc(N)c(C(=O)OC)c2)cc1. The summed E-state index contributed by atoms with van der Waals surface area (Å²) in [6, 6.07) is 18.3. The van der Waals surface area contributed by atoms with Crippen molar-refractivity contribution in [3.63, 3.8) is 0 Å². The van der Waals surface area contributed by atoms with Crippen molar-refractivity contribution in [1.82, 2.24) is 9.55 Å². The van der Waals surface area contributed by atoms with Crippen molar-refractivity contribution < 1.29 is 14.3 Å². The maximum atomic E-state index is 11.9. The predicted molar refractivity (Wildman–Crippen MR) is 144 cm³/mol. The number of hydrogen-bond donors (Lipinski definition) is 1. The fourth-order valence-electron chi connectivity index (χ4n) is 3.95. The lowest BCUT2D eigenvalue weighted by Gasteiger charge is -2.10. The summed E-state index contributed by atoms with van der Waals surface area (Å²) < 4.78 is 12.8. The molecule has 0 radical (unpaired) electrons. The normalized spacial score (nSPS) is 10.9. The minimum absolute atomic E-state index is 0.276. The van der Waals surface area contributed by atoms with Gasteiger partial charge in [0.15, 0.2) is 0 Å². The Morgan fingerprint density at radius 1 is 1.00 bits per heavy atom. The summed E-state index contributed by atoms with van der Waals surface area (Å²) in [5.41, 5.74) is 9.41. The second kappa shape index (κ2) is 11.5. The quantitative estimate of drug-likeness (QED) is 0.185. The van der Waals surface area contributed by atoms with Gasteiger partial charge < -0.3 is 19.8 Å². The van der Waals surface area contributed by atoms with E-state index in [1.54, 1.807) is 24.3 Å². The van der Waals surface area contributed by atoms with Gasteiger partial charge >= 0.3 is 5.97 Å². The van der Waals surface area contributed by atoms with Crippen molar-refractivity contribution in [3.8, 4) is 22.8 Å². The molecule has 0 aliphatic heterocycles. The molecule has 4 rings (SSSR count). The molecule has 1 heterocycles. The highest BCUT2D eigenvalue weighted by molar-refractivity contribution is 6.36. The van der Waals surface area contributed by atoms with Crippen molar-refractivity contribution in [2.45, 2.75) is 32.7 Å². The Labute approximate surface area is 220 Å². The van der Waals surface area contributed by atoms with Crippen molar-refractivity contribution >= 4 is 34.9 Å². The van der Waals surface area contributed by atoms with Gasteiger partial charge in [-0.2, -0.15) is 0 Å². The Kier molecular flexibility index (Phi) is 8.18. The Hall–Kier alpha value is -3.48. The molecule has 1 aromatic heterocycles. The van der Waals surface area contributed by atoms with Gasteiger partial charge in [0.25, 0.3) is 0 Å². The van der Waals surface area contributed by atoms with E-state index in [9.17, 15) is 4.79 Å². The first-order valence-corrected chi connectivity index (χ1v) is 12.4. The van der Waals surface area contributed by atoms with Gasteiger partial charge in [-0.05, 0) is 73.9 Å². The summed E-state index contributed by atoms with van der Waals surface area (Å²) in [4.78, 5) is 16.7. The number of esters is 1. The first-order valence-electron chi connectivity index (χ1n) is 11.6. The zero-order valence-electron chi connectivity index (χ0n) is 20.1. The van der Waals surface area contributed by atoms with E-state index < -0.39 is 5.97 Å². The number of aromatic nitrogens is 2. The van der Waals surface area contributed by atoms with Gasteiger partial charge in [0.2, 0.25) is 0 Å². The molecule has 36 heavy (non-hydrogen) atoms. The van der Waals surface area contributed by atoms with Crippen LogP contribution in [-0.4, -0.2) is 22.6 Å². The van der Waals surface area contributed by atoms with Crippen LogP contribution in [0.1, 0.15) is 35.1 Å². The molecular weight excluding hydrogens is 497 g/mol. The van der Waals surface area contributed by atoms with E-state index in [4.69, 9.17) is 43.4 Å². The highest BCUT2D eigenvalue weighted by Crippen LogP contribution is 2.30. The Morgan fingerprint density at radius 2 is 1.75 bits per heavy atom. The number of aryl methyl sites for hydroxylation is 3. The Morgan fingerprint density at radius 3 is 2.44 bits per heavy atom. The molecule has 3 aromatic carbocycles. The largest absolute Gasteiger partial charge is 0.465 e. The number of nitrogens with zero attached hydrogens (tertiary/aromatic N) is 2. The average molecular weight is 524 g/mol. The molecule has 0 aliphatic rings. The van der Waals surface area contributed by atoms with E-state index in [0.29, 0.717) is 27.2 Å². The molecule has 0 fully saturated rings. The summed E-state index contributed by atoms with van der Waals surface area (Å²) in [6.07, 6.45) is 4.74. The van der Waals surface area contributed by atoms with E-state index in [1.807, 2.05) is 42.6 Å². The maximum Gasteiger partial charge on any atom is 0.340 e. The minimum atomic E-state index is -0.500. The molecule has 186 valence electrons.